The van der Waals surface area contributed by atoms with Crippen molar-refractivity contribution in [1.29, 1.82) is 0 Å². The largest absolute Gasteiger partial charge is 0.417 e. The third-order valence-corrected chi connectivity index (χ3v) is 4.29. The van der Waals surface area contributed by atoms with E-state index in [1.165, 1.54) is 47.4 Å². The Kier molecular flexibility index (Phi) is 4.50. The van der Waals surface area contributed by atoms with Crippen LogP contribution in [0.25, 0.3) is 16.9 Å². The number of fused-ring (bicyclic) bond motifs is 1. The fourth-order valence-electron chi connectivity index (χ4n) is 2.87. The molecule has 0 unspecified atom stereocenters. The first-order chi connectivity index (χ1) is 13.8. The van der Waals surface area contributed by atoms with E-state index in [1.54, 1.807) is 12.1 Å². The van der Waals surface area contributed by atoms with Gasteiger partial charge in [0.2, 0.25) is 0 Å². The Hall–Kier alpha value is -3.75. The number of nitrogens with one attached hydrogen (secondary N) is 1. The van der Waals surface area contributed by atoms with Crippen LogP contribution in [0.1, 0.15) is 21.6 Å². The van der Waals surface area contributed by atoms with Gasteiger partial charge in [0.05, 0.1) is 29.3 Å². The fraction of sp³-hybridized carbons (Fsp3) is 0.100. The number of anilines is 1. The number of carbonyl (C=O) groups is 1. The summed E-state index contributed by atoms with van der Waals surface area (Å²) in [4.78, 5) is 21.0. The number of hydrogen-bond acceptors (Lipinski definition) is 4. The molecular formula is C20H14F3N5O. The molecule has 146 valence electrons. The maximum absolute atomic E-state index is 13.4. The number of halogens is 3. The van der Waals surface area contributed by atoms with Gasteiger partial charge in [0.1, 0.15) is 5.56 Å². The molecule has 0 radical (unpaired) electrons. The number of benzene rings is 1. The van der Waals surface area contributed by atoms with Gasteiger partial charge >= 0.3 is 6.18 Å². The molecule has 0 aliphatic rings. The predicted octanol–water partition coefficient (Wildman–Crippen LogP) is 4.37. The zero-order chi connectivity index (χ0) is 20.6. The topological polar surface area (TPSA) is 72.2 Å². The summed E-state index contributed by atoms with van der Waals surface area (Å²) in [5, 5.41) is 6.74. The van der Waals surface area contributed by atoms with Gasteiger partial charge in [0.15, 0.2) is 5.65 Å². The molecule has 0 saturated carbocycles. The van der Waals surface area contributed by atoms with Gasteiger partial charge in [0.25, 0.3) is 5.91 Å². The van der Waals surface area contributed by atoms with Crippen molar-refractivity contribution in [2.45, 2.75) is 13.1 Å². The van der Waals surface area contributed by atoms with E-state index in [-0.39, 0.29) is 22.5 Å². The van der Waals surface area contributed by atoms with Crippen molar-refractivity contribution in [2.24, 2.45) is 0 Å². The number of amides is 1. The van der Waals surface area contributed by atoms with E-state index in [0.717, 1.165) is 11.8 Å². The fourth-order valence-corrected chi connectivity index (χ4v) is 2.87. The van der Waals surface area contributed by atoms with Crippen molar-refractivity contribution in [2.75, 3.05) is 5.32 Å². The third kappa shape index (κ3) is 3.66. The van der Waals surface area contributed by atoms with Gasteiger partial charge in [-0.2, -0.15) is 18.3 Å². The molecule has 0 bridgehead atoms. The summed E-state index contributed by atoms with van der Waals surface area (Å²) in [7, 11) is 0. The van der Waals surface area contributed by atoms with Gasteiger partial charge in [0, 0.05) is 17.5 Å². The van der Waals surface area contributed by atoms with E-state index in [2.05, 4.69) is 20.4 Å². The molecule has 1 N–H and O–H groups in total. The van der Waals surface area contributed by atoms with Crippen LogP contribution in [0, 0.1) is 6.92 Å². The van der Waals surface area contributed by atoms with Gasteiger partial charge < -0.3 is 5.32 Å². The van der Waals surface area contributed by atoms with Crippen molar-refractivity contribution in [3.8, 4) is 11.3 Å². The molecule has 0 atom stereocenters. The van der Waals surface area contributed by atoms with E-state index < -0.39 is 17.6 Å². The molecule has 3 aromatic heterocycles. The van der Waals surface area contributed by atoms with Crippen LogP contribution in [0.4, 0.5) is 18.9 Å². The lowest BCUT2D eigenvalue weighted by Crippen LogP contribution is -2.12. The number of hydrogen-bond donors (Lipinski definition) is 1. The lowest BCUT2D eigenvalue weighted by molar-refractivity contribution is -0.137. The molecule has 6 nitrogen and oxygen atoms in total. The molecule has 4 aromatic rings. The highest BCUT2D eigenvalue weighted by Gasteiger charge is 2.33. The van der Waals surface area contributed by atoms with E-state index in [9.17, 15) is 18.0 Å². The minimum absolute atomic E-state index is 0.0715. The number of nitrogens with zero attached hydrogens (tertiary/aromatic N) is 4. The molecule has 1 aromatic carbocycles. The Labute approximate surface area is 163 Å². The average molecular weight is 397 g/mol. The molecule has 0 aliphatic heterocycles. The standard InChI is InChI=1S/C20H14F3N5O/c1-12-6-7-13(10-24-12)26-19(29)15-11-25-28-9-8-17(27-18(15)28)14-4-2-3-5-16(14)20(21,22)23/h2-11H,1H3,(H,26,29). The highest BCUT2D eigenvalue weighted by Crippen LogP contribution is 2.36. The van der Waals surface area contributed by atoms with E-state index in [0.29, 0.717) is 5.69 Å². The number of aryl methyl sites for hydroxylation is 1. The van der Waals surface area contributed by atoms with Crippen molar-refractivity contribution >= 4 is 17.2 Å². The summed E-state index contributed by atoms with van der Waals surface area (Å²) >= 11 is 0. The molecule has 9 heteroatoms. The summed E-state index contributed by atoms with van der Waals surface area (Å²) in [6.07, 6.45) is -0.228. The van der Waals surface area contributed by atoms with Crippen LogP contribution in [0.2, 0.25) is 0 Å². The summed E-state index contributed by atoms with van der Waals surface area (Å²) in [6.45, 7) is 1.82. The van der Waals surface area contributed by atoms with Gasteiger partial charge in [-0.3, -0.25) is 9.78 Å². The van der Waals surface area contributed by atoms with Gasteiger partial charge in [-0.1, -0.05) is 18.2 Å². The highest BCUT2D eigenvalue weighted by atomic mass is 19.4. The zero-order valence-electron chi connectivity index (χ0n) is 15.1. The van der Waals surface area contributed by atoms with E-state index in [4.69, 9.17) is 0 Å². The van der Waals surface area contributed by atoms with Crippen LogP contribution < -0.4 is 5.32 Å². The van der Waals surface area contributed by atoms with Crippen molar-refractivity contribution in [3.63, 3.8) is 0 Å². The number of pyridine rings is 1. The average Bonchev–Trinajstić information content (AvgIpc) is 3.12. The molecule has 29 heavy (non-hydrogen) atoms. The molecule has 0 saturated heterocycles. The first kappa shape index (κ1) is 18.6. The first-order valence-corrected chi connectivity index (χ1v) is 8.58. The molecule has 4 rings (SSSR count). The zero-order valence-corrected chi connectivity index (χ0v) is 15.1. The second-order valence-electron chi connectivity index (χ2n) is 6.32. The molecule has 3 heterocycles. The molecule has 0 fully saturated rings. The third-order valence-electron chi connectivity index (χ3n) is 4.29. The first-order valence-electron chi connectivity index (χ1n) is 8.58. The quantitative estimate of drug-likeness (QED) is 0.557. The Bertz CT molecular complexity index is 1200. The SMILES string of the molecule is Cc1ccc(NC(=O)c2cnn3ccc(-c4ccccc4C(F)(F)F)nc23)cn1. The predicted molar refractivity (Wildman–Crippen MR) is 100 cm³/mol. The molecule has 0 spiro atoms. The molecule has 1 amide bonds. The normalized spacial score (nSPS) is 11.6. The van der Waals surface area contributed by atoms with E-state index >= 15 is 0 Å². The van der Waals surface area contributed by atoms with Crippen LogP contribution >= 0.6 is 0 Å². The highest BCUT2D eigenvalue weighted by molar-refractivity contribution is 6.08. The Morgan fingerprint density at radius 3 is 2.59 bits per heavy atom. The van der Waals surface area contributed by atoms with Crippen molar-refractivity contribution in [1.82, 2.24) is 19.6 Å². The smallest absolute Gasteiger partial charge is 0.320 e. The summed E-state index contributed by atoms with van der Waals surface area (Å²) in [6, 6.07) is 10.0. The minimum atomic E-state index is -4.52. The minimum Gasteiger partial charge on any atom is -0.320 e. The molecule has 0 aliphatic carbocycles. The summed E-state index contributed by atoms with van der Waals surface area (Å²) < 4.78 is 41.4. The number of aromatic nitrogens is 4. The maximum Gasteiger partial charge on any atom is 0.417 e. The van der Waals surface area contributed by atoms with Crippen LogP contribution in [0.5, 0.6) is 0 Å². The van der Waals surface area contributed by atoms with Gasteiger partial charge in [-0.25, -0.2) is 9.50 Å². The van der Waals surface area contributed by atoms with Crippen LogP contribution in [-0.4, -0.2) is 25.5 Å². The summed E-state index contributed by atoms with van der Waals surface area (Å²) in [5.41, 5.74) is 0.795. The van der Waals surface area contributed by atoms with E-state index in [1.807, 2.05) is 6.92 Å². The van der Waals surface area contributed by atoms with Gasteiger partial charge in [-0.15, -0.1) is 0 Å². The number of alkyl halides is 3. The van der Waals surface area contributed by atoms with Crippen molar-refractivity contribution in [3.05, 3.63) is 77.9 Å². The lowest BCUT2D eigenvalue weighted by atomic mass is 10.0. The van der Waals surface area contributed by atoms with Crippen LogP contribution in [-0.2, 0) is 6.18 Å². The number of rotatable bonds is 3. The van der Waals surface area contributed by atoms with Crippen LogP contribution in [0.3, 0.4) is 0 Å². The summed E-state index contributed by atoms with van der Waals surface area (Å²) in [5.74, 6) is -0.487. The Morgan fingerprint density at radius 2 is 1.86 bits per heavy atom. The lowest BCUT2D eigenvalue weighted by Gasteiger charge is -2.12. The van der Waals surface area contributed by atoms with Gasteiger partial charge in [-0.05, 0) is 31.2 Å². The monoisotopic (exact) mass is 397 g/mol. The Balaban J connectivity index is 1.74. The van der Waals surface area contributed by atoms with Crippen molar-refractivity contribution < 1.29 is 18.0 Å². The molecular weight excluding hydrogens is 383 g/mol. The Morgan fingerprint density at radius 1 is 1.07 bits per heavy atom. The second-order valence-corrected chi connectivity index (χ2v) is 6.32. The maximum atomic E-state index is 13.4. The van der Waals surface area contributed by atoms with Crippen LogP contribution in [0.15, 0.2) is 61.1 Å². The number of carbonyl (C=O) groups excluding carboxylic acids is 1. The second kappa shape index (κ2) is 7.01.